The third-order valence-corrected chi connectivity index (χ3v) is 2.95. The molecule has 1 heterocycles. The second kappa shape index (κ2) is 6.65. The van der Waals surface area contributed by atoms with E-state index in [0.717, 1.165) is 19.4 Å². The molecule has 1 rings (SSSR count). The lowest BCUT2D eigenvalue weighted by Crippen LogP contribution is -2.23. The van der Waals surface area contributed by atoms with E-state index in [1.54, 1.807) is 6.20 Å². The first-order chi connectivity index (χ1) is 7.70. The second-order valence-electron chi connectivity index (χ2n) is 3.35. The smallest absolute Gasteiger partial charge is 0.283 e. The van der Waals surface area contributed by atoms with Crippen molar-refractivity contribution in [1.29, 1.82) is 0 Å². The normalized spacial score (nSPS) is 10.4. The molecule has 5 nitrogen and oxygen atoms in total. The van der Waals surface area contributed by atoms with Gasteiger partial charge in [0.05, 0.1) is 11.9 Å². The zero-order chi connectivity index (χ0) is 12.0. The first-order valence-corrected chi connectivity index (χ1v) is 6.10. The largest absolute Gasteiger partial charge is 0.396 e. The van der Waals surface area contributed by atoms with Gasteiger partial charge in [-0.2, -0.15) is 5.10 Å². The molecule has 0 atom stereocenters. The second-order valence-corrected chi connectivity index (χ2v) is 4.14. The van der Waals surface area contributed by atoms with E-state index in [2.05, 4.69) is 26.3 Å². The quantitative estimate of drug-likeness (QED) is 0.773. The predicted molar refractivity (Wildman–Crippen MR) is 66.7 cm³/mol. The van der Waals surface area contributed by atoms with Gasteiger partial charge in [0.2, 0.25) is 0 Å². The van der Waals surface area contributed by atoms with Crippen molar-refractivity contribution in [2.75, 3.05) is 18.5 Å². The molecule has 0 aliphatic heterocycles. The van der Waals surface area contributed by atoms with E-state index in [4.69, 9.17) is 5.11 Å². The number of nitrogens with one attached hydrogen (secondary N) is 1. The Kier molecular flexibility index (Phi) is 5.48. The predicted octanol–water partition coefficient (Wildman–Crippen LogP) is 1.21. The standard InChI is InChI=1S/C10H16BrN3O2/c1-2-14-10(16)9(11)8(7-13-14)12-5-3-4-6-15/h7,12,15H,2-6H2,1H3. The van der Waals surface area contributed by atoms with E-state index in [0.29, 0.717) is 16.7 Å². The van der Waals surface area contributed by atoms with Crippen molar-refractivity contribution in [2.24, 2.45) is 0 Å². The molecule has 90 valence electrons. The molecule has 0 bridgehead atoms. The van der Waals surface area contributed by atoms with Crippen LogP contribution in [0.15, 0.2) is 15.5 Å². The molecule has 2 N–H and O–H groups in total. The van der Waals surface area contributed by atoms with Gasteiger partial charge in [-0.05, 0) is 35.7 Å². The summed E-state index contributed by atoms with van der Waals surface area (Å²) in [6.45, 7) is 3.34. The molecule has 0 radical (unpaired) electrons. The van der Waals surface area contributed by atoms with Crippen molar-refractivity contribution in [3.8, 4) is 0 Å². The lowest BCUT2D eigenvalue weighted by molar-refractivity contribution is 0.286. The van der Waals surface area contributed by atoms with Crippen LogP contribution in [0.5, 0.6) is 0 Å². The number of nitrogens with zero attached hydrogens (tertiary/aromatic N) is 2. The highest BCUT2D eigenvalue weighted by Gasteiger charge is 2.06. The highest BCUT2D eigenvalue weighted by atomic mass is 79.9. The summed E-state index contributed by atoms with van der Waals surface area (Å²) in [7, 11) is 0. The molecular formula is C10H16BrN3O2. The average Bonchev–Trinajstić information content (AvgIpc) is 2.30. The van der Waals surface area contributed by atoms with Gasteiger partial charge in [0, 0.05) is 19.7 Å². The molecule has 0 spiro atoms. The van der Waals surface area contributed by atoms with Gasteiger partial charge in [0.1, 0.15) is 4.47 Å². The number of unbranched alkanes of at least 4 members (excludes halogenated alkanes) is 1. The minimum atomic E-state index is -0.130. The maximum Gasteiger partial charge on any atom is 0.283 e. The Morgan fingerprint density at radius 2 is 2.31 bits per heavy atom. The molecule has 0 aromatic carbocycles. The van der Waals surface area contributed by atoms with Crippen molar-refractivity contribution >= 4 is 21.6 Å². The summed E-state index contributed by atoms with van der Waals surface area (Å²) in [5.74, 6) is 0. The molecule has 0 fully saturated rings. The van der Waals surface area contributed by atoms with Gasteiger partial charge in [0.25, 0.3) is 5.56 Å². The number of aliphatic hydroxyl groups is 1. The number of aromatic nitrogens is 2. The molecule has 0 unspecified atom stereocenters. The van der Waals surface area contributed by atoms with Gasteiger partial charge >= 0.3 is 0 Å². The molecule has 0 aliphatic rings. The molecule has 0 amide bonds. The summed E-state index contributed by atoms with van der Waals surface area (Å²) in [6.07, 6.45) is 3.25. The van der Waals surface area contributed by atoms with Gasteiger partial charge in [-0.3, -0.25) is 4.79 Å². The summed E-state index contributed by atoms with van der Waals surface area (Å²) in [4.78, 5) is 11.7. The molecule has 1 aromatic rings. The Balaban J connectivity index is 2.68. The van der Waals surface area contributed by atoms with Crippen molar-refractivity contribution in [1.82, 2.24) is 9.78 Å². The van der Waals surface area contributed by atoms with Gasteiger partial charge in [-0.1, -0.05) is 0 Å². The first-order valence-electron chi connectivity index (χ1n) is 5.31. The fourth-order valence-electron chi connectivity index (χ4n) is 1.27. The number of rotatable bonds is 6. The summed E-state index contributed by atoms with van der Waals surface area (Å²) < 4.78 is 1.90. The van der Waals surface area contributed by atoms with Crippen LogP contribution in [0.3, 0.4) is 0 Å². The lowest BCUT2D eigenvalue weighted by Gasteiger charge is -2.08. The van der Waals surface area contributed by atoms with E-state index in [1.165, 1.54) is 4.68 Å². The van der Waals surface area contributed by atoms with Crippen LogP contribution >= 0.6 is 15.9 Å². The summed E-state index contributed by atoms with van der Waals surface area (Å²) in [5, 5.41) is 15.8. The Bertz CT molecular complexity index is 392. The van der Waals surface area contributed by atoms with Crippen LogP contribution in [0.4, 0.5) is 5.69 Å². The van der Waals surface area contributed by atoms with Crippen LogP contribution in [0.2, 0.25) is 0 Å². The molecular weight excluding hydrogens is 274 g/mol. The Morgan fingerprint density at radius 1 is 1.56 bits per heavy atom. The van der Waals surface area contributed by atoms with Crippen molar-refractivity contribution < 1.29 is 5.11 Å². The summed E-state index contributed by atoms with van der Waals surface area (Å²) in [6, 6.07) is 0. The number of hydrogen-bond donors (Lipinski definition) is 2. The third kappa shape index (κ3) is 3.31. The Morgan fingerprint density at radius 3 is 2.94 bits per heavy atom. The fourth-order valence-corrected chi connectivity index (χ4v) is 1.72. The molecule has 1 aromatic heterocycles. The van der Waals surface area contributed by atoms with E-state index in [1.807, 2.05) is 6.92 Å². The van der Waals surface area contributed by atoms with Gasteiger partial charge in [-0.25, -0.2) is 4.68 Å². The van der Waals surface area contributed by atoms with Gasteiger partial charge in [-0.15, -0.1) is 0 Å². The van der Waals surface area contributed by atoms with Gasteiger partial charge in [0.15, 0.2) is 0 Å². The monoisotopic (exact) mass is 289 g/mol. The van der Waals surface area contributed by atoms with E-state index < -0.39 is 0 Å². The Labute approximate surface area is 103 Å². The van der Waals surface area contributed by atoms with E-state index in [-0.39, 0.29) is 12.2 Å². The molecule has 6 heteroatoms. The Hall–Kier alpha value is -0.880. The zero-order valence-corrected chi connectivity index (χ0v) is 10.8. The number of anilines is 1. The lowest BCUT2D eigenvalue weighted by atomic mass is 10.3. The maximum atomic E-state index is 11.7. The van der Waals surface area contributed by atoms with E-state index in [9.17, 15) is 4.79 Å². The van der Waals surface area contributed by atoms with Crippen LogP contribution in [-0.2, 0) is 6.54 Å². The van der Waals surface area contributed by atoms with Crippen molar-refractivity contribution in [3.63, 3.8) is 0 Å². The number of aliphatic hydroxyl groups excluding tert-OH is 1. The SMILES string of the molecule is CCn1ncc(NCCCCO)c(Br)c1=O. The van der Waals surface area contributed by atoms with Crippen LogP contribution in [0, 0.1) is 0 Å². The number of hydrogen-bond acceptors (Lipinski definition) is 4. The van der Waals surface area contributed by atoms with Crippen molar-refractivity contribution in [3.05, 3.63) is 21.0 Å². The van der Waals surface area contributed by atoms with Crippen LogP contribution in [0.25, 0.3) is 0 Å². The third-order valence-electron chi connectivity index (χ3n) is 2.18. The molecule has 0 aliphatic carbocycles. The average molecular weight is 290 g/mol. The van der Waals surface area contributed by atoms with E-state index >= 15 is 0 Å². The minimum absolute atomic E-state index is 0.130. The number of aryl methyl sites for hydroxylation is 1. The number of halogens is 1. The maximum absolute atomic E-state index is 11.7. The molecule has 0 saturated carbocycles. The van der Waals surface area contributed by atoms with Gasteiger partial charge < -0.3 is 10.4 Å². The summed E-state index contributed by atoms with van der Waals surface area (Å²) >= 11 is 3.26. The highest BCUT2D eigenvalue weighted by molar-refractivity contribution is 9.10. The van der Waals surface area contributed by atoms with Crippen molar-refractivity contribution in [2.45, 2.75) is 26.3 Å². The van der Waals surface area contributed by atoms with Crippen LogP contribution < -0.4 is 10.9 Å². The first kappa shape index (κ1) is 13.2. The van der Waals surface area contributed by atoms with Crippen LogP contribution in [-0.4, -0.2) is 28.0 Å². The zero-order valence-electron chi connectivity index (χ0n) is 9.24. The fraction of sp³-hybridized carbons (Fsp3) is 0.600. The van der Waals surface area contributed by atoms with Crippen LogP contribution in [0.1, 0.15) is 19.8 Å². The minimum Gasteiger partial charge on any atom is -0.396 e. The topological polar surface area (TPSA) is 67.2 Å². The highest BCUT2D eigenvalue weighted by Crippen LogP contribution is 2.15. The molecule has 0 saturated heterocycles. The summed E-state index contributed by atoms with van der Waals surface area (Å²) in [5.41, 5.74) is 0.572. The molecule has 16 heavy (non-hydrogen) atoms.